The highest BCUT2D eigenvalue weighted by Gasteiger charge is 2.11. The molecule has 4 N–H and O–H groups in total. The summed E-state index contributed by atoms with van der Waals surface area (Å²) in [6, 6.07) is 3.89. The fourth-order valence-corrected chi connectivity index (χ4v) is 1.69. The van der Waals surface area contributed by atoms with Gasteiger partial charge in [0.15, 0.2) is 0 Å². The van der Waals surface area contributed by atoms with Gasteiger partial charge >= 0.3 is 0 Å². The molecule has 1 amide bonds. The highest BCUT2D eigenvalue weighted by molar-refractivity contribution is 5.97. The summed E-state index contributed by atoms with van der Waals surface area (Å²) in [6.45, 7) is 2.43. The van der Waals surface area contributed by atoms with Crippen LogP contribution in [0.25, 0.3) is 0 Å². The van der Waals surface area contributed by atoms with E-state index in [0.717, 1.165) is 17.7 Å². The van der Waals surface area contributed by atoms with Gasteiger partial charge in [-0.2, -0.15) is 5.10 Å². The van der Waals surface area contributed by atoms with Crippen LogP contribution in [0.5, 0.6) is 0 Å². The van der Waals surface area contributed by atoms with Crippen LogP contribution in [0.2, 0.25) is 0 Å². The van der Waals surface area contributed by atoms with Crippen molar-refractivity contribution >= 4 is 11.7 Å². The number of amides is 1. The van der Waals surface area contributed by atoms with Gasteiger partial charge in [-0.25, -0.2) is 0 Å². The van der Waals surface area contributed by atoms with E-state index in [4.69, 9.17) is 5.73 Å². The van der Waals surface area contributed by atoms with Crippen LogP contribution in [0.1, 0.15) is 28.5 Å². The Morgan fingerprint density at radius 1 is 1.56 bits per heavy atom. The molecular weight excluding hydrogens is 230 g/mol. The third-order valence-corrected chi connectivity index (χ3v) is 2.70. The van der Waals surface area contributed by atoms with Crippen molar-refractivity contribution in [3.8, 4) is 0 Å². The molecule has 18 heavy (non-hydrogen) atoms. The molecule has 0 atom stereocenters. The van der Waals surface area contributed by atoms with Gasteiger partial charge in [0.05, 0.1) is 18.4 Å². The zero-order chi connectivity index (χ0) is 13.0. The summed E-state index contributed by atoms with van der Waals surface area (Å²) in [4.78, 5) is 16.1. The van der Waals surface area contributed by atoms with Crippen molar-refractivity contribution in [1.82, 2.24) is 20.5 Å². The van der Waals surface area contributed by atoms with E-state index in [9.17, 15) is 4.79 Å². The van der Waals surface area contributed by atoms with E-state index in [2.05, 4.69) is 27.4 Å². The first-order valence-electron chi connectivity index (χ1n) is 5.72. The number of nitrogen functional groups attached to an aromatic ring is 1. The van der Waals surface area contributed by atoms with Crippen molar-refractivity contribution in [2.75, 3.05) is 5.73 Å². The van der Waals surface area contributed by atoms with Crippen LogP contribution < -0.4 is 11.1 Å². The highest BCUT2D eigenvalue weighted by Crippen LogP contribution is 2.08. The predicted octanol–water partition coefficient (Wildman–Crippen LogP) is 0.879. The molecule has 94 valence electrons. The molecule has 2 aromatic rings. The Bertz CT molecular complexity index is 549. The lowest BCUT2D eigenvalue weighted by molar-refractivity contribution is 0.0951. The number of rotatable bonds is 4. The minimum Gasteiger partial charge on any atom is -0.383 e. The van der Waals surface area contributed by atoms with E-state index in [1.807, 2.05) is 12.1 Å². The van der Waals surface area contributed by atoms with Crippen LogP contribution in [-0.2, 0) is 13.0 Å². The number of nitrogens with one attached hydrogen (secondary N) is 2. The first-order chi connectivity index (χ1) is 8.72. The quantitative estimate of drug-likeness (QED) is 0.744. The van der Waals surface area contributed by atoms with Gasteiger partial charge in [-0.05, 0) is 18.1 Å². The van der Waals surface area contributed by atoms with Crippen LogP contribution in [0.4, 0.5) is 5.82 Å². The maximum atomic E-state index is 11.8. The average molecular weight is 245 g/mol. The van der Waals surface area contributed by atoms with Gasteiger partial charge in [0, 0.05) is 6.20 Å². The molecule has 6 nitrogen and oxygen atoms in total. The summed E-state index contributed by atoms with van der Waals surface area (Å²) in [5.74, 6) is 0.0122. The van der Waals surface area contributed by atoms with Crippen LogP contribution in [0, 0.1) is 0 Å². The van der Waals surface area contributed by atoms with Crippen molar-refractivity contribution in [3.63, 3.8) is 0 Å². The number of aromatic amines is 1. The maximum absolute atomic E-state index is 11.8. The first-order valence-corrected chi connectivity index (χ1v) is 5.72. The van der Waals surface area contributed by atoms with E-state index in [0.29, 0.717) is 12.1 Å². The molecule has 0 aliphatic carbocycles. The summed E-state index contributed by atoms with van der Waals surface area (Å²) < 4.78 is 0. The largest absolute Gasteiger partial charge is 0.383 e. The molecule has 0 bridgehead atoms. The standard InChI is InChI=1S/C12H15N5O/c1-2-8-4-3-5-14-10(8)7-15-12(18)9-6-16-17-11(9)13/h3-6H,2,7H2,1H3,(H,15,18)(H3,13,16,17). The SMILES string of the molecule is CCc1cccnc1CNC(=O)c1cn[nH]c1N. The second kappa shape index (κ2) is 5.31. The Labute approximate surface area is 105 Å². The molecule has 0 aliphatic heterocycles. The molecule has 0 unspecified atom stereocenters. The Kier molecular flexibility index (Phi) is 3.57. The number of anilines is 1. The van der Waals surface area contributed by atoms with E-state index in [1.165, 1.54) is 6.20 Å². The number of nitrogens with zero attached hydrogens (tertiary/aromatic N) is 2. The van der Waals surface area contributed by atoms with Crippen molar-refractivity contribution in [2.24, 2.45) is 0 Å². The number of nitrogens with two attached hydrogens (primary N) is 1. The van der Waals surface area contributed by atoms with Gasteiger partial charge in [0.1, 0.15) is 11.4 Å². The number of H-pyrrole nitrogens is 1. The van der Waals surface area contributed by atoms with Gasteiger partial charge in [-0.3, -0.25) is 14.9 Å². The molecule has 0 spiro atoms. The number of hydrogen-bond acceptors (Lipinski definition) is 4. The third kappa shape index (κ3) is 2.48. The summed E-state index contributed by atoms with van der Waals surface area (Å²) >= 11 is 0. The van der Waals surface area contributed by atoms with Crippen LogP contribution >= 0.6 is 0 Å². The molecule has 0 fully saturated rings. The number of aryl methyl sites for hydroxylation is 1. The number of hydrogen-bond donors (Lipinski definition) is 3. The molecule has 0 aromatic carbocycles. The van der Waals surface area contributed by atoms with Gasteiger partial charge in [0.25, 0.3) is 5.91 Å². The Morgan fingerprint density at radius 2 is 2.39 bits per heavy atom. The summed E-state index contributed by atoms with van der Waals surface area (Å²) in [7, 11) is 0. The Morgan fingerprint density at radius 3 is 3.06 bits per heavy atom. The fourth-order valence-electron chi connectivity index (χ4n) is 1.69. The molecule has 2 rings (SSSR count). The summed E-state index contributed by atoms with van der Waals surface area (Å²) in [5, 5.41) is 9.00. The van der Waals surface area contributed by atoms with Gasteiger partial charge in [0.2, 0.25) is 0 Å². The van der Waals surface area contributed by atoms with Crippen LogP contribution in [0.15, 0.2) is 24.5 Å². The van der Waals surface area contributed by atoms with Crippen LogP contribution in [-0.4, -0.2) is 21.1 Å². The van der Waals surface area contributed by atoms with Gasteiger partial charge < -0.3 is 11.1 Å². The Balaban J connectivity index is 2.04. The third-order valence-electron chi connectivity index (χ3n) is 2.70. The van der Waals surface area contributed by atoms with E-state index >= 15 is 0 Å². The zero-order valence-electron chi connectivity index (χ0n) is 10.1. The van der Waals surface area contributed by atoms with E-state index in [-0.39, 0.29) is 11.7 Å². The first kappa shape index (κ1) is 12.1. The van der Waals surface area contributed by atoms with Gasteiger partial charge in [-0.1, -0.05) is 13.0 Å². The maximum Gasteiger partial charge on any atom is 0.256 e. The monoisotopic (exact) mass is 245 g/mol. The smallest absolute Gasteiger partial charge is 0.256 e. The normalized spacial score (nSPS) is 10.3. The molecule has 0 radical (unpaired) electrons. The van der Waals surface area contributed by atoms with Crippen molar-refractivity contribution in [1.29, 1.82) is 0 Å². The van der Waals surface area contributed by atoms with Crippen molar-refractivity contribution in [2.45, 2.75) is 19.9 Å². The Hall–Kier alpha value is -2.37. The molecule has 6 heteroatoms. The predicted molar refractivity (Wildman–Crippen MR) is 67.8 cm³/mol. The second-order valence-corrected chi connectivity index (χ2v) is 3.84. The number of carbonyl (C=O) groups excluding carboxylic acids is 1. The average Bonchev–Trinajstić information content (AvgIpc) is 2.82. The molecule has 0 saturated heterocycles. The lowest BCUT2D eigenvalue weighted by Gasteiger charge is -2.07. The summed E-state index contributed by atoms with van der Waals surface area (Å²) in [5.41, 5.74) is 7.92. The molecule has 2 aromatic heterocycles. The minimum atomic E-state index is -0.256. The number of carbonyl (C=O) groups is 1. The second-order valence-electron chi connectivity index (χ2n) is 3.84. The molecule has 0 aliphatic rings. The summed E-state index contributed by atoms with van der Waals surface area (Å²) in [6.07, 6.45) is 4.00. The van der Waals surface area contributed by atoms with Crippen molar-refractivity contribution < 1.29 is 4.79 Å². The lowest BCUT2D eigenvalue weighted by atomic mass is 10.1. The van der Waals surface area contributed by atoms with E-state index in [1.54, 1.807) is 6.20 Å². The minimum absolute atomic E-state index is 0.256. The highest BCUT2D eigenvalue weighted by atomic mass is 16.1. The molecular formula is C12H15N5O. The van der Waals surface area contributed by atoms with Crippen molar-refractivity contribution in [3.05, 3.63) is 41.3 Å². The molecule has 2 heterocycles. The molecule has 0 saturated carbocycles. The van der Waals surface area contributed by atoms with Crippen LogP contribution in [0.3, 0.4) is 0 Å². The lowest BCUT2D eigenvalue weighted by Crippen LogP contribution is -2.24. The van der Waals surface area contributed by atoms with Gasteiger partial charge in [-0.15, -0.1) is 0 Å². The number of pyridine rings is 1. The topological polar surface area (TPSA) is 96.7 Å². The fraction of sp³-hybridized carbons (Fsp3) is 0.250. The zero-order valence-corrected chi connectivity index (χ0v) is 10.1. The number of aromatic nitrogens is 3. The van der Waals surface area contributed by atoms with E-state index < -0.39 is 0 Å².